The van der Waals surface area contributed by atoms with Gasteiger partial charge in [-0.05, 0) is 57.0 Å². The van der Waals surface area contributed by atoms with E-state index in [0.29, 0.717) is 0 Å². The molecule has 0 bridgehead atoms. The molecule has 1 N–H and O–H groups in total. The number of aromatic nitrogens is 2. The summed E-state index contributed by atoms with van der Waals surface area (Å²) in [5.41, 5.74) is 5.06. The van der Waals surface area contributed by atoms with Crippen molar-refractivity contribution in [1.82, 2.24) is 15.3 Å². The zero-order valence-electron chi connectivity index (χ0n) is 12.1. The van der Waals surface area contributed by atoms with Crippen molar-refractivity contribution in [3.63, 3.8) is 0 Å². The summed E-state index contributed by atoms with van der Waals surface area (Å²) in [4.78, 5) is 8.66. The number of hydrogen-bond donors (Lipinski definition) is 1. The Morgan fingerprint density at radius 2 is 1.89 bits per heavy atom. The van der Waals surface area contributed by atoms with Gasteiger partial charge in [-0.3, -0.25) is 0 Å². The molecule has 0 radical (unpaired) electrons. The molecule has 3 heteroatoms. The van der Waals surface area contributed by atoms with Gasteiger partial charge in [-0.1, -0.05) is 18.2 Å². The summed E-state index contributed by atoms with van der Waals surface area (Å²) < 4.78 is 0. The Kier molecular flexibility index (Phi) is 4.27. The Labute approximate surface area is 115 Å². The summed E-state index contributed by atoms with van der Waals surface area (Å²) >= 11 is 0. The van der Waals surface area contributed by atoms with Gasteiger partial charge in [0, 0.05) is 6.20 Å². The molecule has 0 aliphatic carbocycles. The topological polar surface area (TPSA) is 37.8 Å². The van der Waals surface area contributed by atoms with Crippen LogP contribution in [0.25, 0.3) is 0 Å². The summed E-state index contributed by atoms with van der Waals surface area (Å²) in [5.74, 6) is 0.817. The van der Waals surface area contributed by atoms with Crippen LogP contribution in [0.15, 0.2) is 30.5 Å². The lowest BCUT2D eigenvalue weighted by molar-refractivity contribution is 0.572. The molecule has 1 atom stereocenters. The van der Waals surface area contributed by atoms with Crippen molar-refractivity contribution >= 4 is 0 Å². The van der Waals surface area contributed by atoms with Crippen molar-refractivity contribution in [2.24, 2.45) is 0 Å². The molecule has 1 heterocycles. The average Bonchev–Trinajstić information content (AvgIpc) is 2.40. The molecular formula is C16H21N3. The lowest BCUT2D eigenvalue weighted by Crippen LogP contribution is -2.20. The number of benzene rings is 1. The van der Waals surface area contributed by atoms with Gasteiger partial charge < -0.3 is 5.32 Å². The Balaban J connectivity index is 2.21. The summed E-state index contributed by atoms with van der Waals surface area (Å²) in [6.45, 7) is 6.22. The van der Waals surface area contributed by atoms with Crippen LogP contribution in [0.3, 0.4) is 0 Å². The second-order valence-corrected chi connectivity index (χ2v) is 4.99. The van der Waals surface area contributed by atoms with Gasteiger partial charge in [0.15, 0.2) is 0 Å². The van der Waals surface area contributed by atoms with E-state index in [2.05, 4.69) is 47.3 Å². The quantitative estimate of drug-likeness (QED) is 0.913. The zero-order chi connectivity index (χ0) is 13.8. The van der Waals surface area contributed by atoms with Crippen LogP contribution in [0.1, 0.15) is 34.3 Å². The van der Waals surface area contributed by atoms with Gasteiger partial charge in [-0.15, -0.1) is 0 Å². The Hall–Kier alpha value is -1.74. The maximum Gasteiger partial charge on any atom is 0.125 e. The largest absolute Gasteiger partial charge is 0.311 e. The molecule has 0 fully saturated rings. The van der Waals surface area contributed by atoms with Crippen LogP contribution in [0.4, 0.5) is 0 Å². The van der Waals surface area contributed by atoms with Gasteiger partial charge in [0.2, 0.25) is 0 Å². The van der Waals surface area contributed by atoms with Crippen LogP contribution in [-0.2, 0) is 6.42 Å². The van der Waals surface area contributed by atoms with E-state index in [4.69, 9.17) is 0 Å². The van der Waals surface area contributed by atoms with E-state index in [1.807, 2.05) is 26.2 Å². The Morgan fingerprint density at radius 3 is 2.53 bits per heavy atom. The van der Waals surface area contributed by atoms with E-state index in [1.165, 1.54) is 16.7 Å². The van der Waals surface area contributed by atoms with Gasteiger partial charge in [0.1, 0.15) is 5.82 Å². The lowest BCUT2D eigenvalue weighted by atomic mass is 9.99. The third-order valence-electron chi connectivity index (χ3n) is 3.51. The zero-order valence-corrected chi connectivity index (χ0v) is 12.1. The molecule has 1 aromatic carbocycles. The molecular weight excluding hydrogens is 234 g/mol. The van der Waals surface area contributed by atoms with E-state index >= 15 is 0 Å². The highest BCUT2D eigenvalue weighted by molar-refractivity contribution is 5.31. The normalized spacial score (nSPS) is 12.4. The Morgan fingerprint density at radius 1 is 1.11 bits per heavy atom. The molecule has 2 aromatic rings. The van der Waals surface area contributed by atoms with Crippen LogP contribution in [0.2, 0.25) is 0 Å². The van der Waals surface area contributed by atoms with E-state index in [0.717, 1.165) is 17.9 Å². The third kappa shape index (κ3) is 3.38. The third-order valence-corrected chi connectivity index (χ3v) is 3.51. The molecule has 0 amide bonds. The minimum atomic E-state index is 0.226. The van der Waals surface area contributed by atoms with E-state index < -0.39 is 0 Å². The standard InChI is InChI=1S/C16H21N3/c1-11-5-6-14(9-12(11)2)10-16(17-4)15-7-8-18-13(3)19-15/h5-9,16-17H,10H2,1-4H3. The van der Waals surface area contributed by atoms with Crippen molar-refractivity contribution in [2.45, 2.75) is 33.2 Å². The number of aryl methyl sites for hydroxylation is 3. The van der Waals surface area contributed by atoms with E-state index in [9.17, 15) is 0 Å². The minimum Gasteiger partial charge on any atom is -0.311 e. The van der Waals surface area contributed by atoms with E-state index in [-0.39, 0.29) is 6.04 Å². The van der Waals surface area contributed by atoms with E-state index in [1.54, 1.807) is 0 Å². The predicted octanol–water partition coefficient (Wildman–Crippen LogP) is 2.91. The maximum atomic E-state index is 4.51. The first-order chi connectivity index (χ1) is 9.10. The monoisotopic (exact) mass is 255 g/mol. The Bertz CT molecular complexity index is 564. The first-order valence-corrected chi connectivity index (χ1v) is 6.63. The molecule has 0 aliphatic rings. The average molecular weight is 255 g/mol. The number of likely N-dealkylation sites (N-methyl/N-ethyl adjacent to an activating group) is 1. The highest BCUT2D eigenvalue weighted by atomic mass is 14.9. The summed E-state index contributed by atoms with van der Waals surface area (Å²) in [7, 11) is 1.98. The summed E-state index contributed by atoms with van der Waals surface area (Å²) in [5, 5.41) is 3.34. The molecule has 0 aliphatic heterocycles. The van der Waals surface area contributed by atoms with Gasteiger partial charge in [0.25, 0.3) is 0 Å². The molecule has 1 aromatic heterocycles. The lowest BCUT2D eigenvalue weighted by Gasteiger charge is -2.16. The first kappa shape index (κ1) is 13.7. The van der Waals surface area contributed by atoms with Gasteiger partial charge in [-0.2, -0.15) is 0 Å². The molecule has 0 saturated carbocycles. The minimum absolute atomic E-state index is 0.226. The number of hydrogen-bond acceptors (Lipinski definition) is 3. The molecule has 19 heavy (non-hydrogen) atoms. The molecule has 1 unspecified atom stereocenters. The number of rotatable bonds is 4. The fourth-order valence-corrected chi connectivity index (χ4v) is 2.19. The van der Waals surface area contributed by atoms with Crippen molar-refractivity contribution in [1.29, 1.82) is 0 Å². The molecule has 0 saturated heterocycles. The van der Waals surface area contributed by atoms with Crippen molar-refractivity contribution < 1.29 is 0 Å². The summed E-state index contributed by atoms with van der Waals surface area (Å²) in [6.07, 6.45) is 2.76. The fourth-order valence-electron chi connectivity index (χ4n) is 2.19. The van der Waals surface area contributed by atoms with Gasteiger partial charge in [-0.25, -0.2) is 9.97 Å². The van der Waals surface area contributed by atoms with Crippen LogP contribution >= 0.6 is 0 Å². The SMILES string of the molecule is CNC(Cc1ccc(C)c(C)c1)c1ccnc(C)n1. The molecule has 2 rings (SSSR count). The molecule has 100 valence electrons. The van der Waals surface area contributed by atoms with Crippen molar-refractivity contribution in [3.8, 4) is 0 Å². The number of nitrogens with one attached hydrogen (secondary N) is 1. The van der Waals surface area contributed by atoms with Gasteiger partial charge in [0.05, 0.1) is 11.7 Å². The fraction of sp³-hybridized carbons (Fsp3) is 0.375. The first-order valence-electron chi connectivity index (χ1n) is 6.63. The van der Waals surface area contributed by atoms with Crippen LogP contribution in [0, 0.1) is 20.8 Å². The smallest absolute Gasteiger partial charge is 0.125 e. The molecule has 0 spiro atoms. The van der Waals surface area contributed by atoms with Crippen LogP contribution in [0.5, 0.6) is 0 Å². The van der Waals surface area contributed by atoms with Crippen LogP contribution in [-0.4, -0.2) is 17.0 Å². The number of nitrogens with zero attached hydrogens (tertiary/aromatic N) is 2. The van der Waals surface area contributed by atoms with Crippen molar-refractivity contribution in [3.05, 3.63) is 58.7 Å². The van der Waals surface area contributed by atoms with Crippen LogP contribution < -0.4 is 5.32 Å². The maximum absolute atomic E-state index is 4.51. The molecule has 3 nitrogen and oxygen atoms in total. The second-order valence-electron chi connectivity index (χ2n) is 4.99. The van der Waals surface area contributed by atoms with Crippen molar-refractivity contribution in [2.75, 3.05) is 7.05 Å². The van der Waals surface area contributed by atoms with Gasteiger partial charge >= 0.3 is 0 Å². The highest BCUT2D eigenvalue weighted by Gasteiger charge is 2.12. The predicted molar refractivity (Wildman–Crippen MR) is 78.2 cm³/mol. The summed E-state index contributed by atoms with van der Waals surface area (Å²) in [6, 6.07) is 8.84. The second kappa shape index (κ2) is 5.93. The highest BCUT2D eigenvalue weighted by Crippen LogP contribution is 2.18.